The highest BCUT2D eigenvalue weighted by molar-refractivity contribution is 5.56. The molecule has 0 bridgehead atoms. The van der Waals surface area contributed by atoms with Crippen LogP contribution in [0.1, 0.15) is 31.4 Å². The van der Waals surface area contributed by atoms with E-state index in [1.807, 2.05) is 0 Å². The van der Waals surface area contributed by atoms with Gasteiger partial charge in [0.15, 0.2) is 0 Å². The predicted molar refractivity (Wildman–Crippen MR) is 72.1 cm³/mol. The number of nitro groups is 1. The molecule has 6 heteroatoms. The lowest BCUT2D eigenvalue weighted by Gasteiger charge is -2.31. The number of nitrogens with zero attached hydrogens (tertiary/aromatic N) is 2. The second-order valence-electron chi connectivity index (χ2n) is 5.06. The van der Waals surface area contributed by atoms with Gasteiger partial charge in [-0.2, -0.15) is 0 Å². The Bertz CT molecular complexity index is 464. The van der Waals surface area contributed by atoms with Crippen molar-refractivity contribution in [3.8, 4) is 0 Å². The van der Waals surface area contributed by atoms with Crippen molar-refractivity contribution < 1.29 is 10.0 Å². The Morgan fingerprint density at radius 1 is 1.47 bits per heavy atom. The van der Waals surface area contributed by atoms with Crippen LogP contribution in [0.15, 0.2) is 12.1 Å². The first kappa shape index (κ1) is 13.7. The van der Waals surface area contributed by atoms with Crippen LogP contribution in [-0.2, 0) is 0 Å². The summed E-state index contributed by atoms with van der Waals surface area (Å²) in [6.07, 6.45) is 4.05. The Morgan fingerprint density at radius 3 is 2.89 bits per heavy atom. The smallest absolute Gasteiger partial charge is 0.311 e. The van der Waals surface area contributed by atoms with E-state index in [1.54, 1.807) is 13.0 Å². The van der Waals surface area contributed by atoms with Crippen LogP contribution in [0.25, 0.3) is 0 Å². The van der Waals surface area contributed by atoms with Gasteiger partial charge in [0.25, 0.3) is 0 Å². The summed E-state index contributed by atoms with van der Waals surface area (Å²) < 4.78 is 0. The summed E-state index contributed by atoms with van der Waals surface area (Å²) >= 11 is 0. The average Bonchev–Trinajstić information content (AvgIpc) is 2.39. The highest BCUT2D eigenvalue weighted by Crippen LogP contribution is 2.29. The zero-order valence-electron chi connectivity index (χ0n) is 11.0. The minimum Gasteiger partial charge on any atom is -0.396 e. The molecule has 0 aromatic carbocycles. The first-order valence-corrected chi connectivity index (χ1v) is 6.61. The average molecular weight is 265 g/mol. The van der Waals surface area contributed by atoms with Gasteiger partial charge in [-0.25, -0.2) is 4.98 Å². The molecule has 0 aliphatic heterocycles. The van der Waals surface area contributed by atoms with Crippen molar-refractivity contribution in [2.75, 3.05) is 11.9 Å². The maximum Gasteiger partial charge on any atom is 0.311 e. The molecule has 19 heavy (non-hydrogen) atoms. The molecular weight excluding hydrogens is 246 g/mol. The molecule has 1 fully saturated rings. The summed E-state index contributed by atoms with van der Waals surface area (Å²) in [5, 5.41) is 23.5. The molecular formula is C13H19N3O3. The molecule has 2 rings (SSSR count). The Kier molecular flexibility index (Phi) is 4.31. The number of pyridine rings is 1. The van der Waals surface area contributed by atoms with Gasteiger partial charge in [0.2, 0.25) is 5.82 Å². The molecule has 0 spiro atoms. The number of aromatic nitrogens is 1. The molecule has 2 unspecified atom stereocenters. The monoisotopic (exact) mass is 265 g/mol. The molecule has 0 radical (unpaired) electrons. The van der Waals surface area contributed by atoms with E-state index in [4.69, 9.17) is 0 Å². The summed E-state index contributed by atoms with van der Waals surface area (Å²) in [6, 6.07) is 3.17. The van der Waals surface area contributed by atoms with E-state index >= 15 is 0 Å². The highest BCUT2D eigenvalue weighted by atomic mass is 16.6. The quantitative estimate of drug-likeness (QED) is 0.644. The number of anilines is 1. The largest absolute Gasteiger partial charge is 0.396 e. The van der Waals surface area contributed by atoms with Crippen molar-refractivity contribution in [2.24, 2.45) is 5.92 Å². The summed E-state index contributed by atoms with van der Waals surface area (Å²) in [7, 11) is 0. The minimum absolute atomic E-state index is 0.00661. The molecule has 1 aromatic rings. The van der Waals surface area contributed by atoms with Gasteiger partial charge in [0, 0.05) is 30.3 Å². The summed E-state index contributed by atoms with van der Waals surface area (Å²) in [5.74, 6) is 0.464. The van der Waals surface area contributed by atoms with Crippen LogP contribution in [0.4, 0.5) is 11.5 Å². The number of hydrogen-bond acceptors (Lipinski definition) is 5. The Hall–Kier alpha value is -1.69. The Balaban J connectivity index is 2.21. The second-order valence-corrected chi connectivity index (χ2v) is 5.06. The van der Waals surface area contributed by atoms with E-state index in [0.29, 0.717) is 5.82 Å². The number of aryl methyl sites for hydroxylation is 1. The zero-order chi connectivity index (χ0) is 13.8. The molecule has 2 atom stereocenters. The summed E-state index contributed by atoms with van der Waals surface area (Å²) in [6.45, 7) is 1.91. The standard InChI is InChI=1S/C13H19N3O3/c1-9-6-7-12(16(18)19)13(14-9)15-11-5-3-2-4-10(11)8-17/h6-7,10-11,17H,2-5,8H2,1H3,(H,14,15). The molecule has 1 aliphatic rings. The first-order valence-electron chi connectivity index (χ1n) is 6.61. The molecule has 0 amide bonds. The fourth-order valence-electron chi connectivity index (χ4n) is 2.59. The second kappa shape index (κ2) is 5.97. The normalized spacial score (nSPS) is 23.1. The van der Waals surface area contributed by atoms with Crippen LogP contribution in [-0.4, -0.2) is 27.7 Å². The van der Waals surface area contributed by atoms with Crippen molar-refractivity contribution >= 4 is 11.5 Å². The number of hydrogen-bond donors (Lipinski definition) is 2. The topological polar surface area (TPSA) is 88.3 Å². The van der Waals surface area contributed by atoms with Crippen molar-refractivity contribution in [3.05, 3.63) is 27.9 Å². The number of rotatable bonds is 4. The summed E-state index contributed by atoms with van der Waals surface area (Å²) in [5.41, 5.74) is 0.734. The number of nitrogens with one attached hydrogen (secondary N) is 1. The van der Waals surface area contributed by atoms with E-state index in [2.05, 4.69) is 10.3 Å². The van der Waals surface area contributed by atoms with Gasteiger partial charge >= 0.3 is 5.69 Å². The van der Waals surface area contributed by atoms with Crippen LogP contribution < -0.4 is 5.32 Å². The van der Waals surface area contributed by atoms with Crippen LogP contribution in [0, 0.1) is 23.0 Å². The molecule has 2 N–H and O–H groups in total. The lowest BCUT2D eigenvalue weighted by atomic mass is 9.85. The predicted octanol–water partition coefficient (Wildman–Crippen LogP) is 2.26. The van der Waals surface area contributed by atoms with E-state index in [1.165, 1.54) is 6.07 Å². The van der Waals surface area contributed by atoms with Gasteiger partial charge in [-0.05, 0) is 25.8 Å². The maximum atomic E-state index is 11.0. The Morgan fingerprint density at radius 2 is 2.21 bits per heavy atom. The van der Waals surface area contributed by atoms with Gasteiger partial charge in [0.1, 0.15) is 0 Å². The van der Waals surface area contributed by atoms with Gasteiger partial charge in [-0.3, -0.25) is 10.1 Å². The molecule has 1 saturated carbocycles. The van der Waals surface area contributed by atoms with Gasteiger partial charge in [0.05, 0.1) is 4.92 Å². The van der Waals surface area contributed by atoms with Gasteiger partial charge in [-0.1, -0.05) is 12.8 Å². The third kappa shape index (κ3) is 3.20. The lowest BCUT2D eigenvalue weighted by Crippen LogP contribution is -2.34. The van der Waals surface area contributed by atoms with Crippen molar-refractivity contribution in [3.63, 3.8) is 0 Å². The third-order valence-corrected chi connectivity index (χ3v) is 3.68. The van der Waals surface area contributed by atoms with Gasteiger partial charge < -0.3 is 10.4 Å². The number of aliphatic hydroxyl groups is 1. The maximum absolute atomic E-state index is 11.0. The lowest BCUT2D eigenvalue weighted by molar-refractivity contribution is -0.384. The van der Waals surface area contributed by atoms with E-state index in [9.17, 15) is 15.2 Å². The van der Waals surface area contributed by atoms with Crippen molar-refractivity contribution in [2.45, 2.75) is 38.6 Å². The molecule has 1 heterocycles. The van der Waals surface area contributed by atoms with Crippen LogP contribution in [0.5, 0.6) is 0 Å². The van der Waals surface area contributed by atoms with Crippen LogP contribution in [0.2, 0.25) is 0 Å². The fourth-order valence-corrected chi connectivity index (χ4v) is 2.59. The van der Waals surface area contributed by atoms with E-state index in [0.717, 1.165) is 31.4 Å². The van der Waals surface area contributed by atoms with Crippen LogP contribution in [0.3, 0.4) is 0 Å². The first-order chi connectivity index (χ1) is 9.11. The highest BCUT2D eigenvalue weighted by Gasteiger charge is 2.27. The number of aliphatic hydroxyl groups excluding tert-OH is 1. The van der Waals surface area contributed by atoms with Crippen molar-refractivity contribution in [1.82, 2.24) is 4.98 Å². The third-order valence-electron chi connectivity index (χ3n) is 3.68. The van der Waals surface area contributed by atoms with E-state index in [-0.39, 0.29) is 24.3 Å². The molecule has 6 nitrogen and oxygen atoms in total. The molecule has 1 aromatic heterocycles. The van der Waals surface area contributed by atoms with Gasteiger partial charge in [-0.15, -0.1) is 0 Å². The van der Waals surface area contributed by atoms with Crippen LogP contribution >= 0.6 is 0 Å². The molecule has 1 aliphatic carbocycles. The SMILES string of the molecule is Cc1ccc([N+](=O)[O-])c(NC2CCCCC2CO)n1. The van der Waals surface area contributed by atoms with Crippen molar-refractivity contribution in [1.29, 1.82) is 0 Å². The van der Waals surface area contributed by atoms with E-state index < -0.39 is 4.92 Å². The molecule has 104 valence electrons. The zero-order valence-corrected chi connectivity index (χ0v) is 11.0. The summed E-state index contributed by atoms with van der Waals surface area (Å²) in [4.78, 5) is 14.8. The minimum atomic E-state index is -0.425. The Labute approximate surface area is 112 Å². The fraction of sp³-hybridized carbons (Fsp3) is 0.615. The molecule has 0 saturated heterocycles.